The van der Waals surface area contributed by atoms with Crippen LogP contribution < -0.4 is 0 Å². The molecular weight excluding hydrogens is 242 g/mol. The highest BCUT2D eigenvalue weighted by Gasteiger charge is 2.07. The minimum Gasteiger partial charge on any atom is -0.286 e. The Morgan fingerprint density at radius 3 is 2.15 bits per heavy atom. The van der Waals surface area contributed by atoms with E-state index in [0.29, 0.717) is 6.04 Å². The van der Waals surface area contributed by atoms with E-state index in [2.05, 4.69) is 74.5 Å². The van der Waals surface area contributed by atoms with Crippen LogP contribution in [0.3, 0.4) is 0 Å². The lowest BCUT2D eigenvalue weighted by Crippen LogP contribution is -2.10. The third-order valence-corrected chi connectivity index (χ3v) is 3.40. The standard InChI is InChI=1S/C19H23N/c1-3-10-16(2)20-19(18-13-8-5-9-14-18)15-17-11-6-4-7-12-17/h4-9,11-14,16H,3,10,15H2,1-2H3. The quantitative estimate of drug-likeness (QED) is 0.658. The smallest absolute Gasteiger partial charge is 0.0475 e. The molecule has 20 heavy (non-hydrogen) atoms. The normalized spacial score (nSPS) is 13.2. The lowest BCUT2D eigenvalue weighted by molar-refractivity contribution is 0.654. The zero-order valence-electron chi connectivity index (χ0n) is 12.4. The Balaban J connectivity index is 2.25. The summed E-state index contributed by atoms with van der Waals surface area (Å²) in [6.45, 7) is 4.42. The van der Waals surface area contributed by atoms with Crippen molar-refractivity contribution in [3.63, 3.8) is 0 Å². The Hall–Kier alpha value is -1.89. The second-order valence-electron chi connectivity index (χ2n) is 5.24. The first-order valence-corrected chi connectivity index (χ1v) is 7.45. The van der Waals surface area contributed by atoms with Gasteiger partial charge in [0.05, 0.1) is 0 Å². The number of nitrogens with zero attached hydrogens (tertiary/aromatic N) is 1. The Labute approximate surface area is 122 Å². The molecule has 0 radical (unpaired) electrons. The first-order chi connectivity index (χ1) is 9.79. The van der Waals surface area contributed by atoms with Crippen molar-refractivity contribution >= 4 is 5.71 Å². The summed E-state index contributed by atoms with van der Waals surface area (Å²) in [6.07, 6.45) is 3.22. The Bertz CT molecular complexity index is 528. The Morgan fingerprint density at radius 2 is 1.55 bits per heavy atom. The van der Waals surface area contributed by atoms with E-state index < -0.39 is 0 Å². The van der Waals surface area contributed by atoms with Gasteiger partial charge in [-0.15, -0.1) is 0 Å². The SMILES string of the molecule is CCCC(C)N=C(Cc1ccccc1)c1ccccc1. The second kappa shape index (κ2) is 7.64. The number of hydrogen-bond acceptors (Lipinski definition) is 1. The van der Waals surface area contributed by atoms with Crippen LogP contribution in [0.2, 0.25) is 0 Å². The van der Waals surface area contributed by atoms with Crippen LogP contribution >= 0.6 is 0 Å². The molecule has 0 amide bonds. The summed E-state index contributed by atoms with van der Waals surface area (Å²) in [5.41, 5.74) is 3.75. The van der Waals surface area contributed by atoms with Gasteiger partial charge in [-0.25, -0.2) is 0 Å². The van der Waals surface area contributed by atoms with Crippen molar-refractivity contribution in [2.45, 2.75) is 39.2 Å². The van der Waals surface area contributed by atoms with E-state index in [0.717, 1.165) is 12.8 Å². The zero-order valence-corrected chi connectivity index (χ0v) is 12.4. The Kier molecular flexibility index (Phi) is 5.55. The molecule has 0 aliphatic heterocycles. The van der Waals surface area contributed by atoms with Crippen LogP contribution in [-0.4, -0.2) is 11.8 Å². The maximum atomic E-state index is 4.95. The van der Waals surface area contributed by atoms with Gasteiger partial charge in [0.25, 0.3) is 0 Å². The van der Waals surface area contributed by atoms with E-state index in [1.807, 2.05) is 0 Å². The minimum absolute atomic E-state index is 0.388. The van der Waals surface area contributed by atoms with E-state index in [-0.39, 0.29) is 0 Å². The van der Waals surface area contributed by atoms with E-state index in [9.17, 15) is 0 Å². The third kappa shape index (κ3) is 4.34. The molecule has 0 saturated carbocycles. The molecule has 0 N–H and O–H groups in total. The van der Waals surface area contributed by atoms with Gasteiger partial charge in [-0.3, -0.25) is 4.99 Å². The largest absolute Gasteiger partial charge is 0.286 e. The fraction of sp³-hybridized carbons (Fsp3) is 0.316. The van der Waals surface area contributed by atoms with Crippen LogP contribution in [0.25, 0.3) is 0 Å². The molecule has 1 atom stereocenters. The first kappa shape index (κ1) is 14.5. The molecule has 0 bridgehead atoms. The zero-order chi connectivity index (χ0) is 14.2. The summed E-state index contributed by atoms with van der Waals surface area (Å²) in [6, 6.07) is 21.5. The number of rotatable bonds is 6. The van der Waals surface area contributed by atoms with E-state index in [1.54, 1.807) is 0 Å². The van der Waals surface area contributed by atoms with Gasteiger partial charge in [-0.2, -0.15) is 0 Å². The monoisotopic (exact) mass is 265 g/mol. The van der Waals surface area contributed by atoms with Crippen LogP contribution in [0.15, 0.2) is 65.7 Å². The summed E-state index contributed by atoms with van der Waals surface area (Å²) in [5.74, 6) is 0. The molecule has 0 aromatic heterocycles. The van der Waals surface area contributed by atoms with Crippen LogP contribution in [0, 0.1) is 0 Å². The van der Waals surface area contributed by atoms with E-state index in [1.165, 1.54) is 23.3 Å². The molecule has 0 saturated heterocycles. The molecule has 1 nitrogen and oxygen atoms in total. The molecule has 1 unspecified atom stereocenters. The van der Waals surface area contributed by atoms with Crippen molar-refractivity contribution in [2.24, 2.45) is 4.99 Å². The van der Waals surface area contributed by atoms with Crippen molar-refractivity contribution in [3.8, 4) is 0 Å². The molecule has 104 valence electrons. The van der Waals surface area contributed by atoms with Crippen LogP contribution in [0.4, 0.5) is 0 Å². The molecule has 2 aromatic carbocycles. The van der Waals surface area contributed by atoms with Crippen LogP contribution in [0.1, 0.15) is 37.8 Å². The van der Waals surface area contributed by atoms with Crippen LogP contribution in [-0.2, 0) is 6.42 Å². The maximum absolute atomic E-state index is 4.95. The first-order valence-electron chi connectivity index (χ1n) is 7.45. The third-order valence-electron chi connectivity index (χ3n) is 3.40. The molecule has 0 spiro atoms. The molecule has 2 rings (SSSR count). The van der Waals surface area contributed by atoms with Crippen molar-refractivity contribution in [2.75, 3.05) is 0 Å². The van der Waals surface area contributed by atoms with Gasteiger partial charge in [-0.1, -0.05) is 74.0 Å². The van der Waals surface area contributed by atoms with Gasteiger partial charge in [0.2, 0.25) is 0 Å². The van der Waals surface area contributed by atoms with Crippen molar-refractivity contribution in [1.29, 1.82) is 0 Å². The van der Waals surface area contributed by atoms with Gasteiger partial charge < -0.3 is 0 Å². The Morgan fingerprint density at radius 1 is 0.950 bits per heavy atom. The fourth-order valence-corrected chi connectivity index (χ4v) is 2.39. The van der Waals surface area contributed by atoms with Gasteiger partial charge >= 0.3 is 0 Å². The molecular formula is C19H23N. The maximum Gasteiger partial charge on any atom is 0.0475 e. The lowest BCUT2D eigenvalue weighted by atomic mass is 10.0. The second-order valence-corrected chi connectivity index (χ2v) is 5.24. The average molecular weight is 265 g/mol. The average Bonchev–Trinajstić information content (AvgIpc) is 2.49. The van der Waals surface area contributed by atoms with Crippen molar-refractivity contribution in [3.05, 3.63) is 71.8 Å². The number of hydrogen-bond donors (Lipinski definition) is 0. The molecule has 0 aliphatic rings. The predicted molar refractivity (Wildman–Crippen MR) is 87.5 cm³/mol. The lowest BCUT2D eigenvalue weighted by Gasteiger charge is -2.11. The van der Waals surface area contributed by atoms with Gasteiger partial charge in [0, 0.05) is 18.2 Å². The predicted octanol–water partition coefficient (Wildman–Crippen LogP) is 4.91. The molecule has 0 aliphatic carbocycles. The highest BCUT2D eigenvalue weighted by atomic mass is 14.8. The molecule has 0 heterocycles. The van der Waals surface area contributed by atoms with Crippen molar-refractivity contribution < 1.29 is 0 Å². The van der Waals surface area contributed by atoms with Gasteiger partial charge in [-0.05, 0) is 24.5 Å². The highest BCUT2D eigenvalue weighted by Crippen LogP contribution is 2.11. The van der Waals surface area contributed by atoms with Gasteiger partial charge in [0.1, 0.15) is 0 Å². The number of aliphatic imine (C=N–C) groups is 1. The van der Waals surface area contributed by atoms with Crippen LogP contribution in [0.5, 0.6) is 0 Å². The highest BCUT2D eigenvalue weighted by molar-refractivity contribution is 6.02. The van der Waals surface area contributed by atoms with E-state index in [4.69, 9.17) is 4.99 Å². The molecule has 2 aromatic rings. The summed E-state index contributed by atoms with van der Waals surface area (Å²) in [4.78, 5) is 4.95. The molecule has 1 heteroatoms. The molecule has 0 fully saturated rings. The summed E-state index contributed by atoms with van der Waals surface area (Å²) in [7, 11) is 0. The minimum atomic E-state index is 0.388. The summed E-state index contributed by atoms with van der Waals surface area (Å²) >= 11 is 0. The van der Waals surface area contributed by atoms with Gasteiger partial charge in [0.15, 0.2) is 0 Å². The summed E-state index contributed by atoms with van der Waals surface area (Å²) in [5, 5.41) is 0. The van der Waals surface area contributed by atoms with Crippen molar-refractivity contribution in [1.82, 2.24) is 0 Å². The number of benzene rings is 2. The fourth-order valence-electron chi connectivity index (χ4n) is 2.39. The van der Waals surface area contributed by atoms with E-state index >= 15 is 0 Å². The topological polar surface area (TPSA) is 12.4 Å². The summed E-state index contributed by atoms with van der Waals surface area (Å²) < 4.78 is 0.